The number of hydrogen-bond acceptors (Lipinski definition) is 4. The van der Waals surface area contributed by atoms with E-state index in [9.17, 15) is 0 Å². The van der Waals surface area contributed by atoms with Crippen molar-refractivity contribution < 1.29 is 0 Å². The number of nitrogens with two attached hydrogens (primary N) is 1. The monoisotopic (exact) mass is 218 g/mol. The third-order valence-electron chi connectivity index (χ3n) is 2.95. The van der Waals surface area contributed by atoms with Crippen LogP contribution in [0.15, 0.2) is 18.3 Å². The van der Waals surface area contributed by atoms with Crippen LogP contribution in [0.2, 0.25) is 0 Å². The molecule has 86 valence electrons. The molecule has 0 fully saturated rings. The fourth-order valence-corrected chi connectivity index (χ4v) is 1.41. The zero-order valence-corrected chi connectivity index (χ0v) is 9.83. The number of anilines is 1. The SMILES string of the molecule is CCC(N)(CC)CNc1cccnc1C#N. The molecule has 0 spiro atoms. The molecule has 1 heterocycles. The summed E-state index contributed by atoms with van der Waals surface area (Å²) in [6.45, 7) is 4.79. The second-order valence-corrected chi connectivity index (χ2v) is 3.93. The number of nitriles is 1. The molecule has 0 aliphatic rings. The number of nitrogens with one attached hydrogen (secondary N) is 1. The second kappa shape index (κ2) is 5.47. The van der Waals surface area contributed by atoms with Crippen LogP contribution >= 0.6 is 0 Å². The van der Waals surface area contributed by atoms with Crippen molar-refractivity contribution in [2.24, 2.45) is 5.73 Å². The first-order chi connectivity index (χ1) is 7.65. The fraction of sp³-hybridized carbons (Fsp3) is 0.500. The summed E-state index contributed by atoms with van der Waals surface area (Å²) in [6, 6.07) is 5.70. The van der Waals surface area contributed by atoms with E-state index in [1.165, 1.54) is 0 Å². The largest absolute Gasteiger partial charge is 0.381 e. The van der Waals surface area contributed by atoms with Crippen molar-refractivity contribution in [3.05, 3.63) is 24.0 Å². The topological polar surface area (TPSA) is 74.7 Å². The van der Waals surface area contributed by atoms with Gasteiger partial charge >= 0.3 is 0 Å². The average molecular weight is 218 g/mol. The zero-order chi connectivity index (χ0) is 12.0. The molecular formula is C12H18N4. The van der Waals surface area contributed by atoms with E-state index in [0.29, 0.717) is 12.2 Å². The summed E-state index contributed by atoms with van der Waals surface area (Å²) in [6.07, 6.45) is 3.41. The van der Waals surface area contributed by atoms with Crippen LogP contribution in [0.25, 0.3) is 0 Å². The molecule has 1 aromatic rings. The van der Waals surface area contributed by atoms with Crippen molar-refractivity contribution in [3.8, 4) is 6.07 Å². The summed E-state index contributed by atoms with van der Waals surface area (Å²) in [7, 11) is 0. The van der Waals surface area contributed by atoms with Gasteiger partial charge in [0, 0.05) is 18.3 Å². The molecule has 1 rings (SSSR count). The molecule has 0 amide bonds. The Hall–Kier alpha value is -1.60. The van der Waals surface area contributed by atoms with Crippen LogP contribution in [0.3, 0.4) is 0 Å². The third kappa shape index (κ3) is 2.94. The highest BCUT2D eigenvalue weighted by Gasteiger charge is 2.20. The number of aromatic nitrogens is 1. The first kappa shape index (κ1) is 12.5. The Morgan fingerprint density at radius 2 is 2.19 bits per heavy atom. The van der Waals surface area contributed by atoms with Crippen LogP contribution < -0.4 is 11.1 Å². The number of pyridine rings is 1. The molecule has 0 bridgehead atoms. The second-order valence-electron chi connectivity index (χ2n) is 3.93. The van der Waals surface area contributed by atoms with Crippen LogP contribution in [-0.2, 0) is 0 Å². The molecule has 1 aromatic heterocycles. The van der Waals surface area contributed by atoms with E-state index in [-0.39, 0.29) is 5.54 Å². The molecule has 0 saturated carbocycles. The quantitative estimate of drug-likeness (QED) is 0.791. The van der Waals surface area contributed by atoms with Gasteiger partial charge in [-0.1, -0.05) is 13.8 Å². The molecule has 4 nitrogen and oxygen atoms in total. The molecule has 0 aliphatic carbocycles. The van der Waals surface area contributed by atoms with Gasteiger partial charge in [-0.3, -0.25) is 0 Å². The Balaban J connectivity index is 2.72. The normalized spacial score (nSPS) is 10.9. The highest BCUT2D eigenvalue weighted by atomic mass is 15.0. The van der Waals surface area contributed by atoms with Crippen LogP contribution in [0.4, 0.5) is 5.69 Å². The summed E-state index contributed by atoms with van der Waals surface area (Å²) >= 11 is 0. The van der Waals surface area contributed by atoms with Crippen molar-refractivity contribution in [2.45, 2.75) is 32.2 Å². The van der Waals surface area contributed by atoms with Crippen molar-refractivity contribution in [2.75, 3.05) is 11.9 Å². The van der Waals surface area contributed by atoms with Gasteiger partial charge in [0.25, 0.3) is 0 Å². The van der Waals surface area contributed by atoms with Gasteiger partial charge in [0.05, 0.1) is 5.69 Å². The highest BCUT2D eigenvalue weighted by Crippen LogP contribution is 2.15. The molecule has 0 aromatic carbocycles. The van der Waals surface area contributed by atoms with Gasteiger partial charge in [-0.05, 0) is 25.0 Å². The summed E-state index contributed by atoms with van der Waals surface area (Å²) in [5.74, 6) is 0. The van der Waals surface area contributed by atoms with Gasteiger partial charge in [0.15, 0.2) is 5.69 Å². The van der Waals surface area contributed by atoms with Crippen molar-refractivity contribution in [3.63, 3.8) is 0 Å². The minimum atomic E-state index is -0.220. The molecule has 4 heteroatoms. The van der Waals surface area contributed by atoms with Gasteiger partial charge in [0.1, 0.15) is 6.07 Å². The highest BCUT2D eigenvalue weighted by molar-refractivity contribution is 5.53. The molecule has 0 atom stereocenters. The zero-order valence-electron chi connectivity index (χ0n) is 9.83. The predicted molar refractivity (Wildman–Crippen MR) is 64.9 cm³/mol. The third-order valence-corrected chi connectivity index (χ3v) is 2.95. The van der Waals surface area contributed by atoms with Crippen LogP contribution in [0, 0.1) is 11.3 Å². The van der Waals surface area contributed by atoms with Crippen LogP contribution in [0.5, 0.6) is 0 Å². The van der Waals surface area contributed by atoms with Crippen molar-refractivity contribution >= 4 is 5.69 Å². The maximum absolute atomic E-state index is 8.88. The molecule has 16 heavy (non-hydrogen) atoms. The standard InChI is InChI=1S/C12H18N4/c1-3-12(14,4-2)9-16-10-6-5-7-15-11(10)8-13/h5-7,16H,3-4,9,14H2,1-2H3. The molecule has 3 N–H and O–H groups in total. The van der Waals surface area contributed by atoms with Gasteiger partial charge in [0.2, 0.25) is 0 Å². The molecule has 0 saturated heterocycles. The Kier molecular flexibility index (Phi) is 4.27. The van der Waals surface area contributed by atoms with E-state index in [4.69, 9.17) is 11.0 Å². The first-order valence-corrected chi connectivity index (χ1v) is 5.53. The summed E-state index contributed by atoms with van der Waals surface area (Å²) in [5, 5.41) is 12.1. The lowest BCUT2D eigenvalue weighted by Crippen LogP contribution is -2.45. The van der Waals surface area contributed by atoms with E-state index in [1.807, 2.05) is 6.07 Å². The Morgan fingerprint density at radius 1 is 1.50 bits per heavy atom. The Morgan fingerprint density at radius 3 is 2.75 bits per heavy atom. The molecule has 0 aliphatic heterocycles. The lowest BCUT2D eigenvalue weighted by atomic mass is 9.94. The van der Waals surface area contributed by atoms with Gasteiger partial charge in [-0.2, -0.15) is 5.26 Å². The van der Waals surface area contributed by atoms with Crippen molar-refractivity contribution in [1.29, 1.82) is 5.26 Å². The summed E-state index contributed by atoms with van der Waals surface area (Å²) in [5.41, 5.74) is 7.12. The number of hydrogen-bond donors (Lipinski definition) is 2. The van der Waals surface area contributed by atoms with E-state index in [0.717, 1.165) is 18.5 Å². The lowest BCUT2D eigenvalue weighted by molar-refractivity contribution is 0.418. The van der Waals surface area contributed by atoms with E-state index < -0.39 is 0 Å². The van der Waals surface area contributed by atoms with E-state index in [2.05, 4.69) is 30.2 Å². The van der Waals surface area contributed by atoms with Gasteiger partial charge in [-0.15, -0.1) is 0 Å². The Labute approximate surface area is 96.5 Å². The van der Waals surface area contributed by atoms with Crippen LogP contribution in [-0.4, -0.2) is 17.1 Å². The maximum Gasteiger partial charge on any atom is 0.163 e. The first-order valence-electron chi connectivity index (χ1n) is 5.53. The predicted octanol–water partition coefficient (Wildman–Crippen LogP) is 1.88. The average Bonchev–Trinajstić information content (AvgIpc) is 2.36. The minimum absolute atomic E-state index is 0.220. The molecule has 0 unspecified atom stereocenters. The van der Waals surface area contributed by atoms with E-state index >= 15 is 0 Å². The number of rotatable bonds is 5. The fourth-order valence-electron chi connectivity index (χ4n) is 1.41. The van der Waals surface area contributed by atoms with Crippen LogP contribution in [0.1, 0.15) is 32.4 Å². The summed E-state index contributed by atoms with van der Waals surface area (Å²) in [4.78, 5) is 3.99. The lowest BCUT2D eigenvalue weighted by Gasteiger charge is -2.27. The Bertz CT molecular complexity index is 377. The van der Waals surface area contributed by atoms with Gasteiger partial charge in [-0.25, -0.2) is 4.98 Å². The van der Waals surface area contributed by atoms with Crippen molar-refractivity contribution in [1.82, 2.24) is 4.98 Å². The smallest absolute Gasteiger partial charge is 0.163 e. The molecule has 0 radical (unpaired) electrons. The maximum atomic E-state index is 8.88. The number of nitrogens with zero attached hydrogens (tertiary/aromatic N) is 2. The minimum Gasteiger partial charge on any atom is -0.381 e. The van der Waals surface area contributed by atoms with Gasteiger partial charge < -0.3 is 11.1 Å². The molecular weight excluding hydrogens is 200 g/mol. The van der Waals surface area contributed by atoms with E-state index in [1.54, 1.807) is 12.3 Å². The summed E-state index contributed by atoms with van der Waals surface area (Å²) < 4.78 is 0.